The van der Waals surface area contributed by atoms with Gasteiger partial charge in [0.05, 0.1) is 6.54 Å². The molecule has 4 aromatic rings. The van der Waals surface area contributed by atoms with Crippen LogP contribution >= 0.6 is 11.3 Å². The van der Waals surface area contributed by atoms with Gasteiger partial charge in [-0.3, -0.25) is 4.79 Å². The average Bonchev–Trinajstić information content (AvgIpc) is 3.37. The monoisotopic (exact) mass is 392 g/mol. The van der Waals surface area contributed by atoms with E-state index in [1.165, 1.54) is 4.88 Å². The van der Waals surface area contributed by atoms with E-state index in [4.69, 9.17) is 0 Å². The van der Waals surface area contributed by atoms with Crippen LogP contribution in [0.3, 0.4) is 0 Å². The Hall–Kier alpha value is -3.26. The van der Waals surface area contributed by atoms with Gasteiger partial charge in [0.15, 0.2) is 11.5 Å². The van der Waals surface area contributed by atoms with Crippen molar-refractivity contribution in [3.63, 3.8) is 0 Å². The van der Waals surface area contributed by atoms with Crippen LogP contribution in [0, 0.1) is 6.92 Å². The summed E-state index contributed by atoms with van der Waals surface area (Å²) in [5.41, 5.74) is 2.46. The van der Waals surface area contributed by atoms with Crippen molar-refractivity contribution >= 4 is 28.7 Å². The maximum atomic E-state index is 12.2. The average molecular weight is 392 g/mol. The summed E-state index contributed by atoms with van der Waals surface area (Å²) >= 11 is 1.70. The number of hydrogen-bond acceptors (Lipinski definition) is 6. The lowest BCUT2D eigenvalue weighted by Crippen LogP contribution is -2.26. The van der Waals surface area contributed by atoms with E-state index in [2.05, 4.69) is 37.4 Å². The number of thiophene rings is 1. The van der Waals surface area contributed by atoms with Gasteiger partial charge in [0.1, 0.15) is 5.82 Å². The Morgan fingerprint density at radius 1 is 1.11 bits per heavy atom. The second-order valence-corrected chi connectivity index (χ2v) is 7.44. The first kappa shape index (κ1) is 18.1. The lowest BCUT2D eigenvalue weighted by Gasteiger charge is -2.06. The van der Waals surface area contributed by atoms with Gasteiger partial charge in [-0.05, 0) is 42.6 Å². The summed E-state index contributed by atoms with van der Waals surface area (Å²) in [6, 6.07) is 15.4. The molecule has 7 nitrogen and oxygen atoms in total. The first-order valence-electron chi connectivity index (χ1n) is 9.01. The third kappa shape index (κ3) is 4.17. The number of nitrogens with one attached hydrogen (secondary N) is 2. The largest absolute Gasteiger partial charge is 0.364 e. The van der Waals surface area contributed by atoms with E-state index in [-0.39, 0.29) is 5.91 Å². The van der Waals surface area contributed by atoms with Crippen molar-refractivity contribution in [1.29, 1.82) is 0 Å². The first-order valence-corrected chi connectivity index (χ1v) is 9.89. The molecule has 0 aliphatic rings. The Kier molecular flexibility index (Phi) is 5.29. The third-order valence-electron chi connectivity index (χ3n) is 4.30. The quantitative estimate of drug-likeness (QED) is 0.505. The predicted molar refractivity (Wildman–Crippen MR) is 110 cm³/mol. The molecule has 0 radical (unpaired) electrons. The fourth-order valence-corrected chi connectivity index (χ4v) is 3.41. The maximum Gasteiger partial charge on any atom is 0.251 e. The summed E-state index contributed by atoms with van der Waals surface area (Å²) in [6.45, 7) is 3.18. The molecule has 1 amide bonds. The Morgan fingerprint density at radius 2 is 1.96 bits per heavy atom. The van der Waals surface area contributed by atoms with E-state index in [1.807, 2.05) is 49.4 Å². The van der Waals surface area contributed by atoms with Gasteiger partial charge in [0, 0.05) is 23.4 Å². The van der Waals surface area contributed by atoms with Gasteiger partial charge >= 0.3 is 0 Å². The van der Waals surface area contributed by atoms with Gasteiger partial charge in [-0.25, -0.2) is 0 Å². The number of anilines is 1. The van der Waals surface area contributed by atoms with Crippen LogP contribution in [0.15, 0.2) is 53.9 Å². The highest BCUT2D eigenvalue weighted by Gasteiger charge is 2.09. The first-order chi connectivity index (χ1) is 13.7. The zero-order chi connectivity index (χ0) is 19.3. The smallest absolute Gasteiger partial charge is 0.251 e. The molecule has 0 saturated heterocycles. The summed E-state index contributed by atoms with van der Waals surface area (Å²) < 4.78 is 1.72. The molecule has 0 spiro atoms. The lowest BCUT2D eigenvalue weighted by atomic mass is 10.1. The number of amides is 1. The minimum atomic E-state index is -0.0971. The second kappa shape index (κ2) is 8.18. The summed E-state index contributed by atoms with van der Waals surface area (Å²) in [7, 11) is 0. The summed E-state index contributed by atoms with van der Waals surface area (Å²) in [6.07, 6.45) is 0.542. The molecule has 0 bridgehead atoms. The zero-order valence-electron chi connectivity index (χ0n) is 15.4. The molecule has 0 aliphatic carbocycles. The van der Waals surface area contributed by atoms with Gasteiger partial charge in [-0.15, -0.1) is 26.6 Å². The Morgan fingerprint density at radius 3 is 2.75 bits per heavy atom. The minimum Gasteiger partial charge on any atom is -0.364 e. The van der Waals surface area contributed by atoms with Gasteiger partial charge in [-0.1, -0.05) is 23.8 Å². The molecule has 0 unspecified atom stereocenters. The van der Waals surface area contributed by atoms with Crippen LogP contribution in [-0.4, -0.2) is 32.3 Å². The molecule has 0 saturated carbocycles. The van der Waals surface area contributed by atoms with Crippen LogP contribution in [-0.2, 0) is 13.0 Å². The van der Waals surface area contributed by atoms with Crippen molar-refractivity contribution in [3.05, 3.63) is 75.7 Å². The highest BCUT2D eigenvalue weighted by atomic mass is 32.1. The van der Waals surface area contributed by atoms with E-state index in [0.717, 1.165) is 17.9 Å². The predicted octanol–water partition coefficient (Wildman–Crippen LogP) is 3.08. The van der Waals surface area contributed by atoms with E-state index >= 15 is 0 Å². The zero-order valence-corrected chi connectivity index (χ0v) is 16.2. The molecule has 2 N–H and O–H groups in total. The number of hydrogen-bond donors (Lipinski definition) is 2. The number of carbonyl (C=O) groups excluding carboxylic acids is 1. The summed E-state index contributed by atoms with van der Waals surface area (Å²) in [4.78, 5) is 13.5. The number of fused-ring (bicyclic) bond motifs is 1. The molecule has 8 heteroatoms. The van der Waals surface area contributed by atoms with Crippen LogP contribution in [0.2, 0.25) is 0 Å². The molecule has 1 aromatic carbocycles. The van der Waals surface area contributed by atoms with E-state index in [0.29, 0.717) is 30.0 Å². The Bertz CT molecular complexity index is 1070. The van der Waals surface area contributed by atoms with Crippen molar-refractivity contribution in [2.24, 2.45) is 0 Å². The van der Waals surface area contributed by atoms with Crippen LogP contribution in [0.4, 0.5) is 5.82 Å². The second-order valence-electron chi connectivity index (χ2n) is 6.41. The minimum absolute atomic E-state index is 0.0971. The summed E-state index contributed by atoms with van der Waals surface area (Å²) in [5, 5.41) is 21.2. The molecular formula is C20H20N6OS. The lowest BCUT2D eigenvalue weighted by molar-refractivity contribution is 0.0954. The number of benzene rings is 1. The SMILES string of the molecule is Cc1ccc(C(=O)NCCc2nnc3ccc(NCc4cccs4)nn23)cc1. The molecule has 4 rings (SSSR count). The number of nitrogens with zero attached hydrogens (tertiary/aromatic N) is 4. The summed E-state index contributed by atoms with van der Waals surface area (Å²) in [5.74, 6) is 1.37. The highest BCUT2D eigenvalue weighted by molar-refractivity contribution is 7.09. The normalized spacial score (nSPS) is 10.9. The van der Waals surface area contributed by atoms with E-state index < -0.39 is 0 Å². The number of rotatable bonds is 7. The Balaban J connectivity index is 1.38. The van der Waals surface area contributed by atoms with Crippen molar-refractivity contribution in [1.82, 2.24) is 25.1 Å². The van der Waals surface area contributed by atoms with Gasteiger partial charge in [0.25, 0.3) is 5.91 Å². The van der Waals surface area contributed by atoms with Crippen LogP contribution in [0.1, 0.15) is 26.6 Å². The van der Waals surface area contributed by atoms with Crippen molar-refractivity contribution in [2.75, 3.05) is 11.9 Å². The Labute approximate surface area is 166 Å². The maximum absolute atomic E-state index is 12.2. The molecule has 28 heavy (non-hydrogen) atoms. The van der Waals surface area contributed by atoms with Crippen LogP contribution in [0.5, 0.6) is 0 Å². The van der Waals surface area contributed by atoms with E-state index in [1.54, 1.807) is 15.9 Å². The number of aryl methyl sites for hydroxylation is 1. The molecule has 142 valence electrons. The molecule has 0 fully saturated rings. The fraction of sp³-hybridized carbons (Fsp3) is 0.200. The number of carbonyl (C=O) groups is 1. The molecule has 0 aliphatic heterocycles. The fourth-order valence-electron chi connectivity index (χ4n) is 2.77. The van der Waals surface area contributed by atoms with Gasteiger partial charge in [-0.2, -0.15) is 4.52 Å². The van der Waals surface area contributed by atoms with Gasteiger partial charge < -0.3 is 10.6 Å². The van der Waals surface area contributed by atoms with Gasteiger partial charge in [0.2, 0.25) is 0 Å². The van der Waals surface area contributed by atoms with Crippen LogP contribution in [0.25, 0.3) is 5.65 Å². The standard InChI is InChI=1S/C20H20N6OS/c1-14-4-6-15(7-5-14)20(27)21-11-10-19-24-23-18-9-8-17(25-26(18)19)22-13-16-3-2-12-28-16/h2-9,12H,10-11,13H2,1H3,(H,21,27)(H,22,25). The van der Waals surface area contributed by atoms with Crippen molar-refractivity contribution in [2.45, 2.75) is 19.9 Å². The molecule has 0 atom stereocenters. The van der Waals surface area contributed by atoms with Crippen molar-refractivity contribution < 1.29 is 4.79 Å². The van der Waals surface area contributed by atoms with Crippen molar-refractivity contribution in [3.8, 4) is 0 Å². The topological polar surface area (TPSA) is 84.2 Å². The molecule has 3 heterocycles. The molecule has 3 aromatic heterocycles. The number of aromatic nitrogens is 4. The highest BCUT2D eigenvalue weighted by Crippen LogP contribution is 2.12. The van der Waals surface area contributed by atoms with Crippen LogP contribution < -0.4 is 10.6 Å². The molecular weight excluding hydrogens is 372 g/mol. The third-order valence-corrected chi connectivity index (χ3v) is 5.18. The van der Waals surface area contributed by atoms with E-state index in [9.17, 15) is 4.79 Å².